The number of carboxylic acids is 1. The molecule has 1 aromatic heterocycles. The van der Waals surface area contributed by atoms with Gasteiger partial charge in [-0.05, 0) is 6.42 Å². The van der Waals surface area contributed by atoms with Crippen LogP contribution >= 0.6 is 21.6 Å². The second-order valence-electron chi connectivity index (χ2n) is 4.81. The molecule has 0 spiro atoms. The molecule has 0 aliphatic carbocycles. The van der Waals surface area contributed by atoms with Gasteiger partial charge >= 0.3 is 5.97 Å². The summed E-state index contributed by atoms with van der Waals surface area (Å²) in [5.74, 6) is 1.80. The third-order valence-corrected chi connectivity index (χ3v) is 5.68. The maximum absolute atomic E-state index is 12.1. The molecule has 1 unspecified atom stereocenters. The van der Waals surface area contributed by atoms with Crippen LogP contribution in [0.5, 0.6) is 0 Å². The molecular weight excluding hydrogens is 310 g/mol. The summed E-state index contributed by atoms with van der Waals surface area (Å²) in [4.78, 5) is 26.7. The minimum absolute atomic E-state index is 0.0244. The molecule has 8 heteroatoms. The number of aromatic nitrogens is 2. The maximum atomic E-state index is 12.1. The van der Waals surface area contributed by atoms with Crippen LogP contribution in [0.1, 0.15) is 18.7 Å². The number of amides is 1. The van der Waals surface area contributed by atoms with E-state index in [1.165, 1.54) is 10.8 Å². The lowest BCUT2D eigenvalue weighted by Gasteiger charge is -2.22. The van der Waals surface area contributed by atoms with Gasteiger partial charge in [-0.15, -0.1) is 0 Å². The first kappa shape index (κ1) is 16.2. The highest BCUT2D eigenvalue weighted by molar-refractivity contribution is 8.76. The number of nitrogens with zero attached hydrogens (tertiary/aromatic N) is 2. The van der Waals surface area contributed by atoms with Crippen LogP contribution in [0, 0.1) is 5.92 Å². The Bertz CT molecular complexity index is 493. The molecular formula is C13H19N3O3S2. The lowest BCUT2D eigenvalue weighted by atomic mass is 9.98. The summed E-state index contributed by atoms with van der Waals surface area (Å²) < 4.78 is 2.05. The Labute approximate surface area is 131 Å². The Balaban J connectivity index is 1.57. The molecule has 1 aliphatic heterocycles. The van der Waals surface area contributed by atoms with Crippen molar-refractivity contribution in [1.29, 1.82) is 0 Å². The van der Waals surface area contributed by atoms with Gasteiger partial charge in [0, 0.05) is 43.4 Å². The van der Waals surface area contributed by atoms with Crippen LogP contribution in [0.15, 0.2) is 12.4 Å². The Morgan fingerprint density at radius 3 is 3.05 bits per heavy atom. The zero-order valence-corrected chi connectivity index (χ0v) is 13.3. The summed E-state index contributed by atoms with van der Waals surface area (Å²) in [6, 6.07) is 0. The number of carboxylic acid groups (broad SMARTS) is 1. The van der Waals surface area contributed by atoms with Gasteiger partial charge < -0.3 is 15.0 Å². The Kier molecular flexibility index (Phi) is 6.44. The van der Waals surface area contributed by atoms with E-state index in [2.05, 4.69) is 10.3 Å². The first-order chi connectivity index (χ1) is 10.2. The molecule has 1 atom stereocenters. The topological polar surface area (TPSA) is 84.2 Å². The Morgan fingerprint density at radius 2 is 2.24 bits per heavy atom. The van der Waals surface area contributed by atoms with E-state index in [0.717, 1.165) is 24.4 Å². The fourth-order valence-electron chi connectivity index (χ4n) is 2.19. The van der Waals surface area contributed by atoms with E-state index in [1.54, 1.807) is 17.0 Å². The van der Waals surface area contributed by atoms with Crippen molar-refractivity contribution in [1.82, 2.24) is 14.9 Å². The quantitative estimate of drug-likeness (QED) is 0.554. The fraction of sp³-hybridized carbons (Fsp3) is 0.615. The van der Waals surface area contributed by atoms with Crippen molar-refractivity contribution in [3.63, 3.8) is 0 Å². The second-order valence-corrected chi connectivity index (χ2v) is 7.51. The van der Waals surface area contributed by atoms with Crippen molar-refractivity contribution >= 4 is 33.5 Å². The number of rotatable bonds is 8. The number of hydrogen-bond donors (Lipinski definition) is 2. The summed E-state index contributed by atoms with van der Waals surface area (Å²) in [6.07, 6.45) is 5.58. The highest BCUT2D eigenvalue weighted by atomic mass is 33.1. The molecule has 1 aliphatic rings. The Hall–Kier alpha value is -1.15. The van der Waals surface area contributed by atoms with E-state index in [1.807, 2.05) is 10.8 Å². The number of imidazole rings is 1. The summed E-state index contributed by atoms with van der Waals surface area (Å²) in [5.41, 5.74) is 0. The third-order valence-electron chi connectivity index (χ3n) is 3.27. The number of fused-ring (bicyclic) bond motifs is 1. The molecule has 0 radical (unpaired) electrons. The lowest BCUT2D eigenvalue weighted by Crippen LogP contribution is -2.36. The normalized spacial score (nSPS) is 17.2. The van der Waals surface area contributed by atoms with Crippen molar-refractivity contribution in [2.75, 3.05) is 18.1 Å². The fourth-order valence-corrected chi connectivity index (χ4v) is 4.07. The first-order valence-electron chi connectivity index (χ1n) is 6.90. The highest BCUT2D eigenvalue weighted by Gasteiger charge is 2.24. The molecule has 0 fully saturated rings. The predicted octanol–water partition coefficient (Wildman–Crippen LogP) is 1.42. The summed E-state index contributed by atoms with van der Waals surface area (Å²) in [6.45, 7) is 1.33. The summed E-state index contributed by atoms with van der Waals surface area (Å²) in [7, 11) is 3.13. The molecule has 0 saturated heterocycles. The standard InChI is InChI=1S/C13H19N3O3S2/c17-12(18)3-7-20-21-8-5-15-13(19)10-1-2-11-14-4-6-16(11)9-10/h4,6,10H,1-3,5,7-9H2,(H,15,19)(H,17,18). The summed E-state index contributed by atoms with van der Waals surface area (Å²) in [5, 5.41) is 11.5. The molecule has 1 amide bonds. The number of carbonyl (C=O) groups is 2. The van der Waals surface area contributed by atoms with Crippen LogP contribution in [0.3, 0.4) is 0 Å². The van der Waals surface area contributed by atoms with Crippen molar-refractivity contribution in [3.05, 3.63) is 18.2 Å². The van der Waals surface area contributed by atoms with E-state index in [4.69, 9.17) is 5.11 Å². The third kappa shape index (κ3) is 5.28. The van der Waals surface area contributed by atoms with Gasteiger partial charge in [-0.25, -0.2) is 4.98 Å². The van der Waals surface area contributed by atoms with Gasteiger partial charge in [0.15, 0.2) is 0 Å². The average Bonchev–Trinajstić information content (AvgIpc) is 2.93. The molecule has 6 nitrogen and oxygen atoms in total. The number of aryl methyl sites for hydroxylation is 1. The van der Waals surface area contributed by atoms with Gasteiger partial charge in [0.05, 0.1) is 12.3 Å². The minimum atomic E-state index is -0.771. The second kappa shape index (κ2) is 8.33. The van der Waals surface area contributed by atoms with Crippen LogP contribution in [0.25, 0.3) is 0 Å². The SMILES string of the molecule is O=C(O)CCSSCCNC(=O)C1CCc2nccn2C1. The smallest absolute Gasteiger partial charge is 0.304 e. The lowest BCUT2D eigenvalue weighted by molar-refractivity contribution is -0.136. The number of hydrogen-bond acceptors (Lipinski definition) is 5. The monoisotopic (exact) mass is 329 g/mol. The van der Waals surface area contributed by atoms with Gasteiger partial charge in [0.25, 0.3) is 0 Å². The van der Waals surface area contributed by atoms with Crippen molar-refractivity contribution in [3.8, 4) is 0 Å². The molecule has 2 rings (SSSR count). The van der Waals surface area contributed by atoms with E-state index in [0.29, 0.717) is 18.8 Å². The molecule has 2 heterocycles. The summed E-state index contributed by atoms with van der Waals surface area (Å²) >= 11 is 0. The van der Waals surface area contributed by atoms with Gasteiger partial charge in [-0.1, -0.05) is 21.6 Å². The van der Waals surface area contributed by atoms with Gasteiger partial charge in [0.2, 0.25) is 5.91 Å². The van der Waals surface area contributed by atoms with Gasteiger partial charge in [-0.2, -0.15) is 0 Å². The number of carbonyl (C=O) groups excluding carboxylic acids is 1. The van der Waals surface area contributed by atoms with Crippen molar-refractivity contribution in [2.24, 2.45) is 5.92 Å². The first-order valence-corrected chi connectivity index (χ1v) is 9.39. The van der Waals surface area contributed by atoms with Crippen LogP contribution in [-0.2, 0) is 22.6 Å². The van der Waals surface area contributed by atoms with E-state index < -0.39 is 5.97 Å². The molecule has 21 heavy (non-hydrogen) atoms. The van der Waals surface area contributed by atoms with E-state index in [-0.39, 0.29) is 18.2 Å². The van der Waals surface area contributed by atoms with Crippen LogP contribution in [0.2, 0.25) is 0 Å². The Morgan fingerprint density at radius 1 is 1.43 bits per heavy atom. The zero-order valence-electron chi connectivity index (χ0n) is 11.7. The molecule has 116 valence electrons. The van der Waals surface area contributed by atoms with E-state index in [9.17, 15) is 9.59 Å². The predicted molar refractivity (Wildman–Crippen MR) is 84.2 cm³/mol. The molecule has 2 N–H and O–H groups in total. The molecule has 0 bridgehead atoms. The largest absolute Gasteiger partial charge is 0.481 e. The highest BCUT2D eigenvalue weighted by Crippen LogP contribution is 2.21. The van der Waals surface area contributed by atoms with Gasteiger partial charge in [-0.3, -0.25) is 9.59 Å². The van der Waals surface area contributed by atoms with Crippen molar-refractivity contribution in [2.45, 2.75) is 25.8 Å². The molecule has 0 saturated carbocycles. The molecule has 1 aromatic rings. The van der Waals surface area contributed by atoms with Crippen LogP contribution < -0.4 is 5.32 Å². The van der Waals surface area contributed by atoms with Crippen LogP contribution in [-0.4, -0.2) is 44.6 Å². The van der Waals surface area contributed by atoms with Gasteiger partial charge in [0.1, 0.15) is 5.82 Å². The maximum Gasteiger partial charge on any atom is 0.304 e. The average molecular weight is 329 g/mol. The van der Waals surface area contributed by atoms with Crippen molar-refractivity contribution < 1.29 is 14.7 Å². The van der Waals surface area contributed by atoms with Crippen LogP contribution in [0.4, 0.5) is 0 Å². The number of nitrogens with one attached hydrogen (secondary N) is 1. The van der Waals surface area contributed by atoms with E-state index >= 15 is 0 Å². The molecule has 0 aromatic carbocycles. The minimum Gasteiger partial charge on any atom is -0.481 e. The zero-order chi connectivity index (χ0) is 15.1. The number of aliphatic carboxylic acids is 1.